The summed E-state index contributed by atoms with van der Waals surface area (Å²) >= 11 is 0. The Kier molecular flexibility index (Phi) is 8.51. The van der Waals surface area contributed by atoms with Crippen molar-refractivity contribution in [2.45, 2.75) is 69.9 Å². The summed E-state index contributed by atoms with van der Waals surface area (Å²) in [5.41, 5.74) is -0.246. The fourth-order valence-corrected chi connectivity index (χ4v) is 5.29. The van der Waals surface area contributed by atoms with Crippen molar-refractivity contribution < 1.29 is 19.1 Å². The molecule has 2 unspecified atom stereocenters. The van der Waals surface area contributed by atoms with Gasteiger partial charge in [-0.25, -0.2) is 0 Å². The number of hydrogen-bond donors (Lipinski definition) is 0. The van der Waals surface area contributed by atoms with E-state index >= 15 is 0 Å². The van der Waals surface area contributed by atoms with Crippen LogP contribution < -0.4 is 0 Å². The van der Waals surface area contributed by atoms with E-state index in [1.54, 1.807) is 12.2 Å². The molecule has 0 radical (unpaired) electrons. The molecule has 30 heavy (non-hydrogen) atoms. The van der Waals surface area contributed by atoms with Gasteiger partial charge in [-0.3, -0.25) is 9.59 Å². The van der Waals surface area contributed by atoms with Crippen LogP contribution in [0.15, 0.2) is 25.3 Å². The zero-order valence-electron chi connectivity index (χ0n) is 18.4. The summed E-state index contributed by atoms with van der Waals surface area (Å²) in [5.74, 6) is 0.277. The predicted molar refractivity (Wildman–Crippen MR) is 117 cm³/mol. The summed E-state index contributed by atoms with van der Waals surface area (Å²) in [7, 11) is 0. The molecule has 6 nitrogen and oxygen atoms in total. The highest BCUT2D eigenvalue weighted by atomic mass is 16.5. The first kappa shape index (κ1) is 23.0. The lowest BCUT2D eigenvalue weighted by atomic mass is 9.69. The molecule has 1 saturated carbocycles. The second kappa shape index (κ2) is 11.1. The maximum Gasteiger partial charge on any atom is 0.223 e. The van der Waals surface area contributed by atoms with Crippen LogP contribution in [0.4, 0.5) is 0 Å². The zero-order valence-corrected chi connectivity index (χ0v) is 18.4. The Morgan fingerprint density at radius 3 is 1.67 bits per heavy atom. The molecule has 168 valence electrons. The van der Waals surface area contributed by atoms with Crippen LogP contribution >= 0.6 is 0 Å². The van der Waals surface area contributed by atoms with Crippen molar-refractivity contribution in [1.29, 1.82) is 0 Å². The van der Waals surface area contributed by atoms with E-state index in [9.17, 15) is 9.59 Å². The Hall–Kier alpha value is -1.66. The van der Waals surface area contributed by atoms with E-state index in [1.807, 2.05) is 9.80 Å². The minimum atomic E-state index is -0.246. The highest BCUT2D eigenvalue weighted by Gasteiger charge is 2.40. The summed E-state index contributed by atoms with van der Waals surface area (Å²) in [4.78, 5) is 30.6. The standard InChI is InChI=1S/C24H38N2O4/c1-3-12-25(20-8-14-29-18-20)22(27)16-24(10-6-5-7-11-24)17-23(28)26(13-4-2)21-9-15-30-19-21/h3-4,20-21H,1-2,5-19H2. The molecule has 0 aromatic rings. The van der Waals surface area contributed by atoms with Crippen molar-refractivity contribution >= 4 is 11.8 Å². The topological polar surface area (TPSA) is 59.1 Å². The molecule has 0 aromatic heterocycles. The zero-order chi connectivity index (χ0) is 21.4. The quantitative estimate of drug-likeness (QED) is 0.511. The number of amides is 2. The van der Waals surface area contributed by atoms with E-state index < -0.39 is 0 Å². The summed E-state index contributed by atoms with van der Waals surface area (Å²) in [6, 6.07) is 0.250. The molecular formula is C24H38N2O4. The lowest BCUT2D eigenvalue weighted by molar-refractivity contribution is -0.140. The first-order valence-corrected chi connectivity index (χ1v) is 11.5. The van der Waals surface area contributed by atoms with Crippen molar-refractivity contribution in [3.63, 3.8) is 0 Å². The first-order chi connectivity index (χ1) is 14.6. The van der Waals surface area contributed by atoms with Gasteiger partial charge in [-0.15, -0.1) is 13.2 Å². The smallest absolute Gasteiger partial charge is 0.223 e. The third-order valence-electron chi connectivity index (χ3n) is 6.95. The minimum Gasteiger partial charge on any atom is -0.379 e. The molecule has 2 saturated heterocycles. The fourth-order valence-electron chi connectivity index (χ4n) is 5.29. The third-order valence-corrected chi connectivity index (χ3v) is 6.95. The van der Waals surface area contributed by atoms with E-state index in [4.69, 9.17) is 9.47 Å². The van der Waals surface area contributed by atoms with Crippen LogP contribution in [0.1, 0.15) is 57.8 Å². The van der Waals surface area contributed by atoms with Crippen molar-refractivity contribution in [1.82, 2.24) is 9.80 Å². The van der Waals surface area contributed by atoms with Gasteiger partial charge < -0.3 is 19.3 Å². The average Bonchev–Trinajstić information content (AvgIpc) is 3.44. The largest absolute Gasteiger partial charge is 0.379 e. The normalized spacial score (nSPS) is 25.6. The van der Waals surface area contributed by atoms with Gasteiger partial charge in [-0.2, -0.15) is 0 Å². The number of ether oxygens (including phenoxy) is 2. The SMILES string of the molecule is C=CCN(C(=O)CC1(CC(=O)N(CC=C)C2CCOC2)CCCCC1)C1CCOC1. The Morgan fingerprint density at radius 2 is 1.30 bits per heavy atom. The molecule has 3 fully saturated rings. The van der Waals surface area contributed by atoms with Crippen LogP contribution in [0.25, 0.3) is 0 Å². The van der Waals surface area contributed by atoms with Crippen LogP contribution in [0, 0.1) is 5.41 Å². The van der Waals surface area contributed by atoms with Gasteiger partial charge in [0.05, 0.1) is 25.3 Å². The molecule has 2 aliphatic heterocycles. The second-order valence-corrected chi connectivity index (χ2v) is 9.12. The molecule has 0 aromatic carbocycles. The Balaban J connectivity index is 1.72. The Labute approximate surface area is 181 Å². The van der Waals surface area contributed by atoms with E-state index in [2.05, 4.69) is 13.2 Å². The van der Waals surface area contributed by atoms with E-state index in [-0.39, 0.29) is 29.3 Å². The minimum absolute atomic E-state index is 0.125. The average molecular weight is 419 g/mol. The maximum atomic E-state index is 13.4. The predicted octanol–water partition coefficient (Wildman–Crippen LogP) is 3.32. The molecule has 3 aliphatic rings. The lowest BCUT2D eigenvalue weighted by Gasteiger charge is -2.40. The number of nitrogens with zero attached hydrogens (tertiary/aromatic N) is 2. The van der Waals surface area contributed by atoms with E-state index in [0.29, 0.717) is 52.4 Å². The molecular weight excluding hydrogens is 380 g/mol. The van der Waals surface area contributed by atoms with Gasteiger partial charge in [0.2, 0.25) is 11.8 Å². The highest BCUT2D eigenvalue weighted by molar-refractivity contribution is 5.81. The van der Waals surface area contributed by atoms with Gasteiger partial charge in [0.25, 0.3) is 0 Å². The summed E-state index contributed by atoms with van der Waals surface area (Å²) in [5, 5.41) is 0. The maximum absolute atomic E-state index is 13.4. The molecule has 3 rings (SSSR count). The summed E-state index contributed by atoms with van der Waals surface area (Å²) in [6.45, 7) is 11.4. The molecule has 0 bridgehead atoms. The van der Waals surface area contributed by atoms with Gasteiger partial charge in [0, 0.05) is 39.1 Å². The molecule has 2 amide bonds. The molecule has 0 spiro atoms. The molecule has 1 aliphatic carbocycles. The lowest BCUT2D eigenvalue weighted by Crippen LogP contribution is -2.46. The number of carbonyl (C=O) groups is 2. The van der Waals surface area contributed by atoms with Crippen molar-refractivity contribution in [2.24, 2.45) is 5.41 Å². The Bertz CT molecular complexity index is 556. The van der Waals surface area contributed by atoms with Gasteiger partial charge in [-0.05, 0) is 31.1 Å². The molecule has 0 N–H and O–H groups in total. The van der Waals surface area contributed by atoms with Crippen LogP contribution in [-0.4, -0.2) is 73.2 Å². The van der Waals surface area contributed by atoms with Crippen molar-refractivity contribution in [3.8, 4) is 0 Å². The molecule has 2 atom stereocenters. The molecule has 6 heteroatoms. The van der Waals surface area contributed by atoms with Crippen molar-refractivity contribution in [3.05, 3.63) is 25.3 Å². The Morgan fingerprint density at radius 1 is 0.833 bits per heavy atom. The van der Waals surface area contributed by atoms with Gasteiger partial charge in [0.15, 0.2) is 0 Å². The van der Waals surface area contributed by atoms with E-state index in [1.165, 1.54) is 6.42 Å². The summed E-state index contributed by atoms with van der Waals surface area (Å²) in [6.07, 6.45) is 11.4. The second-order valence-electron chi connectivity index (χ2n) is 9.12. The first-order valence-electron chi connectivity index (χ1n) is 11.5. The molecule has 2 heterocycles. The summed E-state index contributed by atoms with van der Waals surface area (Å²) < 4.78 is 11.0. The van der Waals surface area contributed by atoms with E-state index in [0.717, 1.165) is 38.5 Å². The third kappa shape index (κ3) is 5.73. The van der Waals surface area contributed by atoms with Gasteiger partial charge in [0.1, 0.15) is 0 Å². The van der Waals surface area contributed by atoms with Crippen molar-refractivity contribution in [2.75, 3.05) is 39.5 Å². The van der Waals surface area contributed by atoms with Crippen LogP contribution in [0.3, 0.4) is 0 Å². The number of carbonyl (C=O) groups excluding carboxylic acids is 2. The van der Waals surface area contributed by atoms with Crippen LogP contribution in [-0.2, 0) is 19.1 Å². The monoisotopic (exact) mass is 418 g/mol. The number of rotatable bonds is 10. The van der Waals surface area contributed by atoms with Crippen LogP contribution in [0.2, 0.25) is 0 Å². The van der Waals surface area contributed by atoms with Crippen LogP contribution in [0.5, 0.6) is 0 Å². The fraction of sp³-hybridized carbons (Fsp3) is 0.750. The van der Waals surface area contributed by atoms with Gasteiger partial charge in [-0.1, -0.05) is 31.4 Å². The van der Waals surface area contributed by atoms with Gasteiger partial charge >= 0.3 is 0 Å². The number of hydrogen-bond acceptors (Lipinski definition) is 4. The highest BCUT2D eigenvalue weighted by Crippen LogP contribution is 2.43.